The summed E-state index contributed by atoms with van der Waals surface area (Å²) in [5, 5.41) is 3.06. The number of nitrogens with one attached hydrogen (secondary N) is 1. The Bertz CT molecular complexity index is 1210. The van der Waals surface area contributed by atoms with Crippen molar-refractivity contribution in [2.45, 2.75) is 58.2 Å². The van der Waals surface area contributed by atoms with Crippen molar-refractivity contribution in [3.05, 3.63) is 53.6 Å². The smallest absolute Gasteiger partial charge is 0.244 e. The van der Waals surface area contributed by atoms with Crippen LogP contribution < -0.4 is 19.1 Å². The number of anilines is 1. The predicted molar refractivity (Wildman–Crippen MR) is 143 cm³/mol. The maximum atomic E-state index is 13.8. The van der Waals surface area contributed by atoms with Crippen LogP contribution in [0.25, 0.3) is 0 Å². The van der Waals surface area contributed by atoms with Crippen LogP contribution in [0.2, 0.25) is 0 Å². The molecule has 9 nitrogen and oxygen atoms in total. The zero-order valence-electron chi connectivity index (χ0n) is 22.2. The van der Waals surface area contributed by atoms with Crippen molar-refractivity contribution in [2.75, 3.05) is 31.3 Å². The fourth-order valence-corrected chi connectivity index (χ4v) is 5.41. The number of rotatable bonds is 11. The summed E-state index contributed by atoms with van der Waals surface area (Å²) in [6, 6.07) is 11.7. The van der Waals surface area contributed by atoms with E-state index in [0.717, 1.165) is 47.4 Å². The van der Waals surface area contributed by atoms with Crippen molar-refractivity contribution in [2.24, 2.45) is 0 Å². The lowest BCUT2D eigenvalue weighted by Gasteiger charge is -2.32. The highest BCUT2D eigenvalue weighted by atomic mass is 32.2. The van der Waals surface area contributed by atoms with Crippen LogP contribution in [0.1, 0.15) is 43.7 Å². The van der Waals surface area contributed by atoms with Crippen LogP contribution in [0.15, 0.2) is 42.5 Å². The lowest BCUT2D eigenvalue weighted by molar-refractivity contribution is -0.139. The Balaban J connectivity index is 1.94. The van der Waals surface area contributed by atoms with Crippen molar-refractivity contribution >= 4 is 27.5 Å². The Morgan fingerprint density at radius 2 is 1.78 bits per heavy atom. The SMILES string of the molecule is COc1ccc(OC)c(N(CC(=O)N(Cc2cccc(C)c2)[C@@H](C)C(=O)NC2CCCC2)S(C)(=O)=O)c1. The monoisotopic (exact) mass is 531 g/mol. The van der Waals surface area contributed by atoms with Gasteiger partial charge in [0, 0.05) is 18.7 Å². The minimum absolute atomic E-state index is 0.0967. The van der Waals surface area contributed by atoms with E-state index in [0.29, 0.717) is 5.75 Å². The largest absolute Gasteiger partial charge is 0.497 e. The third-order valence-corrected chi connectivity index (χ3v) is 7.76. The summed E-state index contributed by atoms with van der Waals surface area (Å²) >= 11 is 0. The molecule has 2 amide bonds. The van der Waals surface area contributed by atoms with Crippen LogP contribution in [0.3, 0.4) is 0 Å². The van der Waals surface area contributed by atoms with Crippen LogP contribution in [0.5, 0.6) is 11.5 Å². The number of sulfonamides is 1. The Hall–Kier alpha value is -3.27. The second kappa shape index (κ2) is 12.3. The zero-order chi connectivity index (χ0) is 27.2. The van der Waals surface area contributed by atoms with Gasteiger partial charge in [-0.1, -0.05) is 42.7 Å². The summed E-state index contributed by atoms with van der Waals surface area (Å²) < 4.78 is 37.4. The van der Waals surface area contributed by atoms with Gasteiger partial charge >= 0.3 is 0 Å². The number of benzene rings is 2. The van der Waals surface area contributed by atoms with Gasteiger partial charge in [-0.25, -0.2) is 8.42 Å². The Labute approximate surface area is 219 Å². The summed E-state index contributed by atoms with van der Waals surface area (Å²) in [7, 11) is -1.01. The number of methoxy groups -OCH3 is 2. The standard InChI is InChI=1S/C27H37N3O6S/c1-19-9-8-10-21(15-19)17-29(20(2)27(32)28-22-11-6-7-12-22)26(31)18-30(37(5,33)34)24-16-23(35-3)13-14-25(24)36-4/h8-10,13-16,20,22H,6-7,11-12,17-18H2,1-5H3,(H,28,32)/t20-/m0/s1. The maximum absolute atomic E-state index is 13.8. The molecule has 1 atom stereocenters. The predicted octanol–water partition coefficient (Wildman–Crippen LogP) is 3.25. The van der Waals surface area contributed by atoms with Crippen molar-refractivity contribution < 1.29 is 27.5 Å². The van der Waals surface area contributed by atoms with E-state index in [-0.39, 0.29) is 29.9 Å². The number of carbonyl (C=O) groups is 2. The van der Waals surface area contributed by atoms with E-state index >= 15 is 0 Å². The lowest BCUT2D eigenvalue weighted by atomic mass is 10.1. The molecular formula is C27H37N3O6S. The molecule has 2 aromatic carbocycles. The number of amides is 2. The lowest BCUT2D eigenvalue weighted by Crippen LogP contribution is -2.52. The highest BCUT2D eigenvalue weighted by Crippen LogP contribution is 2.34. The van der Waals surface area contributed by atoms with Crippen LogP contribution in [0.4, 0.5) is 5.69 Å². The molecule has 0 saturated heterocycles. The summed E-state index contributed by atoms with van der Waals surface area (Å²) in [4.78, 5) is 28.4. The van der Waals surface area contributed by atoms with Gasteiger partial charge in [-0.2, -0.15) is 0 Å². The molecule has 0 aliphatic heterocycles. The van der Waals surface area contributed by atoms with E-state index in [1.807, 2.05) is 31.2 Å². The second-order valence-corrected chi connectivity index (χ2v) is 11.4. The molecule has 0 unspecified atom stereocenters. The number of aryl methyl sites for hydroxylation is 1. The van der Waals surface area contributed by atoms with E-state index in [9.17, 15) is 18.0 Å². The molecule has 0 radical (unpaired) electrons. The Morgan fingerprint density at radius 3 is 2.38 bits per heavy atom. The number of hydrogen-bond acceptors (Lipinski definition) is 6. The third-order valence-electron chi connectivity index (χ3n) is 6.64. The van der Waals surface area contributed by atoms with Crippen molar-refractivity contribution in [3.8, 4) is 11.5 Å². The van der Waals surface area contributed by atoms with Crippen LogP contribution in [0, 0.1) is 6.92 Å². The minimum Gasteiger partial charge on any atom is -0.497 e. The van der Waals surface area contributed by atoms with E-state index in [1.165, 1.54) is 25.2 Å². The normalized spacial score (nSPS) is 14.6. The summed E-state index contributed by atoms with van der Waals surface area (Å²) in [6.07, 6.45) is 5.00. The number of carbonyl (C=O) groups excluding carboxylic acids is 2. The fourth-order valence-electron chi connectivity index (χ4n) is 4.57. The van der Waals surface area contributed by atoms with Gasteiger partial charge in [-0.05, 0) is 44.4 Å². The summed E-state index contributed by atoms with van der Waals surface area (Å²) in [5.41, 5.74) is 2.04. The topological polar surface area (TPSA) is 105 Å². The van der Waals surface area contributed by atoms with Gasteiger partial charge in [0.15, 0.2) is 0 Å². The minimum atomic E-state index is -3.90. The molecule has 37 heavy (non-hydrogen) atoms. The van der Waals surface area contributed by atoms with E-state index in [1.54, 1.807) is 19.1 Å². The van der Waals surface area contributed by atoms with E-state index in [4.69, 9.17) is 9.47 Å². The molecule has 1 fully saturated rings. The van der Waals surface area contributed by atoms with Gasteiger partial charge in [0.1, 0.15) is 24.1 Å². The molecule has 1 saturated carbocycles. The maximum Gasteiger partial charge on any atom is 0.244 e. The molecule has 0 spiro atoms. The molecule has 1 aliphatic carbocycles. The molecule has 0 bridgehead atoms. The molecular weight excluding hydrogens is 494 g/mol. The molecule has 1 N–H and O–H groups in total. The van der Waals surface area contributed by atoms with Gasteiger partial charge in [0.2, 0.25) is 21.8 Å². The molecule has 202 valence electrons. The van der Waals surface area contributed by atoms with E-state index in [2.05, 4.69) is 5.32 Å². The molecule has 0 aromatic heterocycles. The first-order chi connectivity index (χ1) is 17.5. The van der Waals surface area contributed by atoms with Gasteiger partial charge in [0.05, 0.1) is 26.2 Å². The van der Waals surface area contributed by atoms with Crippen molar-refractivity contribution in [1.82, 2.24) is 10.2 Å². The number of ether oxygens (including phenoxy) is 2. The molecule has 2 aromatic rings. The van der Waals surface area contributed by atoms with Crippen molar-refractivity contribution in [1.29, 1.82) is 0 Å². The zero-order valence-corrected chi connectivity index (χ0v) is 23.0. The van der Waals surface area contributed by atoms with Gasteiger partial charge < -0.3 is 19.7 Å². The average Bonchev–Trinajstić information content (AvgIpc) is 3.37. The average molecular weight is 532 g/mol. The highest BCUT2D eigenvalue weighted by Gasteiger charge is 2.32. The first-order valence-corrected chi connectivity index (χ1v) is 14.2. The summed E-state index contributed by atoms with van der Waals surface area (Å²) in [6.45, 7) is 3.28. The first kappa shape index (κ1) is 28.3. The van der Waals surface area contributed by atoms with Crippen LogP contribution in [-0.2, 0) is 26.2 Å². The molecule has 0 heterocycles. The summed E-state index contributed by atoms with van der Waals surface area (Å²) in [5.74, 6) is -0.0715. The quantitative estimate of drug-likeness (QED) is 0.477. The fraction of sp³-hybridized carbons (Fsp3) is 0.481. The van der Waals surface area contributed by atoms with Gasteiger partial charge in [0.25, 0.3) is 0 Å². The molecule has 1 aliphatic rings. The van der Waals surface area contributed by atoms with Gasteiger partial charge in [-0.3, -0.25) is 13.9 Å². The Morgan fingerprint density at radius 1 is 1.08 bits per heavy atom. The molecule has 10 heteroatoms. The van der Waals surface area contributed by atoms with Crippen molar-refractivity contribution in [3.63, 3.8) is 0 Å². The molecule has 3 rings (SSSR count). The van der Waals surface area contributed by atoms with Crippen LogP contribution in [-0.4, -0.2) is 64.2 Å². The third kappa shape index (κ3) is 7.38. The highest BCUT2D eigenvalue weighted by molar-refractivity contribution is 7.92. The van der Waals surface area contributed by atoms with Gasteiger partial charge in [-0.15, -0.1) is 0 Å². The first-order valence-electron chi connectivity index (χ1n) is 12.4. The van der Waals surface area contributed by atoms with Crippen LogP contribution >= 0.6 is 0 Å². The Kier molecular flexibility index (Phi) is 9.42. The number of hydrogen-bond donors (Lipinski definition) is 1. The number of nitrogens with zero attached hydrogens (tertiary/aromatic N) is 2. The second-order valence-electron chi connectivity index (χ2n) is 9.48. The van der Waals surface area contributed by atoms with E-state index < -0.39 is 28.5 Å².